The number of fused-ring (bicyclic) bond motifs is 3. The predicted octanol–water partition coefficient (Wildman–Crippen LogP) is 14.9. The highest BCUT2D eigenvalue weighted by atomic mass is 32.1. The Bertz CT molecular complexity index is 2600. The number of nitrogens with zero attached hydrogens (tertiary/aromatic N) is 2. The second kappa shape index (κ2) is 14.0. The summed E-state index contributed by atoms with van der Waals surface area (Å²) >= 11 is 1.86. The van der Waals surface area contributed by atoms with Gasteiger partial charge in [0.15, 0.2) is 0 Å². The van der Waals surface area contributed by atoms with E-state index in [1.54, 1.807) is 0 Å². The van der Waals surface area contributed by atoms with Crippen LogP contribution in [0.4, 0.5) is 34.1 Å². The van der Waals surface area contributed by atoms with Gasteiger partial charge in [0.2, 0.25) is 0 Å². The lowest BCUT2D eigenvalue weighted by Gasteiger charge is -2.32. The van der Waals surface area contributed by atoms with Crippen molar-refractivity contribution in [1.82, 2.24) is 0 Å². The van der Waals surface area contributed by atoms with Gasteiger partial charge in [-0.1, -0.05) is 109 Å². The van der Waals surface area contributed by atoms with E-state index in [-0.39, 0.29) is 0 Å². The van der Waals surface area contributed by atoms with Crippen molar-refractivity contribution in [2.75, 3.05) is 9.80 Å². The van der Waals surface area contributed by atoms with Gasteiger partial charge < -0.3 is 9.80 Å². The van der Waals surface area contributed by atoms with Crippen LogP contribution in [0, 0.1) is 13.8 Å². The molecule has 9 aromatic rings. The zero-order chi connectivity index (χ0) is 35.7. The largest absolute Gasteiger partial charge is 0.310 e. The molecule has 53 heavy (non-hydrogen) atoms. The molecule has 0 aliphatic rings. The van der Waals surface area contributed by atoms with Crippen LogP contribution >= 0.6 is 11.3 Å². The molecular formula is C50H38N2S. The summed E-state index contributed by atoms with van der Waals surface area (Å²) in [5, 5.41) is 2.63. The first-order chi connectivity index (χ1) is 26.1. The third kappa shape index (κ3) is 6.16. The van der Waals surface area contributed by atoms with Gasteiger partial charge >= 0.3 is 0 Å². The van der Waals surface area contributed by atoms with Crippen LogP contribution in [0.3, 0.4) is 0 Å². The molecule has 0 unspecified atom stereocenters. The van der Waals surface area contributed by atoms with Crippen LogP contribution in [-0.4, -0.2) is 0 Å². The topological polar surface area (TPSA) is 6.48 Å². The van der Waals surface area contributed by atoms with Gasteiger partial charge in [-0.15, -0.1) is 11.3 Å². The second-order valence-corrected chi connectivity index (χ2v) is 14.6. The van der Waals surface area contributed by atoms with Crippen LogP contribution < -0.4 is 9.80 Å². The summed E-state index contributed by atoms with van der Waals surface area (Å²) in [4.78, 5) is 4.76. The fourth-order valence-corrected chi connectivity index (χ4v) is 8.59. The Morgan fingerprint density at radius 3 is 1.45 bits per heavy atom. The fraction of sp³-hybridized carbons (Fsp3) is 0.0400. The highest BCUT2D eigenvalue weighted by molar-refractivity contribution is 7.25. The zero-order valence-corrected chi connectivity index (χ0v) is 30.6. The molecule has 0 radical (unpaired) electrons. The lowest BCUT2D eigenvalue weighted by molar-refractivity contribution is 1.22. The van der Waals surface area contributed by atoms with Crippen molar-refractivity contribution in [1.29, 1.82) is 0 Å². The zero-order valence-electron chi connectivity index (χ0n) is 29.8. The van der Waals surface area contributed by atoms with Crippen molar-refractivity contribution in [2.24, 2.45) is 0 Å². The minimum Gasteiger partial charge on any atom is -0.310 e. The molecule has 0 saturated heterocycles. The molecule has 254 valence electrons. The van der Waals surface area contributed by atoms with Crippen molar-refractivity contribution in [2.45, 2.75) is 13.8 Å². The Morgan fingerprint density at radius 1 is 0.358 bits per heavy atom. The van der Waals surface area contributed by atoms with Crippen LogP contribution in [0.25, 0.3) is 42.4 Å². The molecule has 1 heterocycles. The van der Waals surface area contributed by atoms with E-state index in [4.69, 9.17) is 0 Å². The number of aryl methyl sites for hydroxylation is 1. The Morgan fingerprint density at radius 2 is 0.849 bits per heavy atom. The number of benzene rings is 8. The van der Waals surface area contributed by atoms with Crippen molar-refractivity contribution < 1.29 is 0 Å². The molecule has 0 atom stereocenters. The molecule has 0 N–H and O–H groups in total. The number of anilines is 6. The molecule has 8 aromatic carbocycles. The van der Waals surface area contributed by atoms with Crippen molar-refractivity contribution in [3.63, 3.8) is 0 Å². The lowest BCUT2D eigenvalue weighted by Crippen LogP contribution is -2.15. The summed E-state index contributed by atoms with van der Waals surface area (Å²) in [6, 6.07) is 70.1. The van der Waals surface area contributed by atoms with Gasteiger partial charge in [-0.05, 0) is 132 Å². The van der Waals surface area contributed by atoms with Crippen LogP contribution in [0.15, 0.2) is 194 Å². The summed E-state index contributed by atoms with van der Waals surface area (Å²) < 4.78 is 2.64. The molecule has 9 rings (SSSR count). The van der Waals surface area contributed by atoms with Gasteiger partial charge in [0.25, 0.3) is 0 Å². The van der Waals surface area contributed by atoms with E-state index >= 15 is 0 Å². The van der Waals surface area contributed by atoms with Crippen LogP contribution in [-0.2, 0) is 0 Å². The first-order valence-electron chi connectivity index (χ1n) is 18.1. The summed E-state index contributed by atoms with van der Waals surface area (Å²) in [6.07, 6.45) is 0. The molecule has 0 bridgehead atoms. The predicted molar refractivity (Wildman–Crippen MR) is 229 cm³/mol. The average molecular weight is 699 g/mol. The SMILES string of the molecule is Cc1ccc(-c2ccc3sc4ccccc4c3c2)cc1-c1cc(N(c2ccccc2)c2ccccc2)cc(N(c2ccccc2)c2ccccc2)c1C. The molecule has 0 spiro atoms. The van der Waals surface area contributed by atoms with E-state index in [0.717, 1.165) is 34.1 Å². The Balaban J connectivity index is 1.30. The monoisotopic (exact) mass is 698 g/mol. The number of hydrogen-bond donors (Lipinski definition) is 0. The van der Waals surface area contributed by atoms with E-state index in [9.17, 15) is 0 Å². The number of thiophene rings is 1. The summed E-state index contributed by atoms with van der Waals surface area (Å²) in [5.74, 6) is 0. The Hall–Kier alpha value is -6.42. The van der Waals surface area contributed by atoms with Crippen LogP contribution in [0.2, 0.25) is 0 Å². The van der Waals surface area contributed by atoms with E-state index in [1.165, 1.54) is 53.6 Å². The normalized spacial score (nSPS) is 11.2. The van der Waals surface area contributed by atoms with E-state index in [2.05, 4.69) is 218 Å². The maximum atomic E-state index is 2.39. The third-order valence-electron chi connectivity index (χ3n) is 10.2. The van der Waals surface area contributed by atoms with Crippen LogP contribution in [0.1, 0.15) is 11.1 Å². The van der Waals surface area contributed by atoms with E-state index < -0.39 is 0 Å². The molecule has 0 aliphatic heterocycles. The highest BCUT2D eigenvalue weighted by Crippen LogP contribution is 2.46. The van der Waals surface area contributed by atoms with Crippen molar-refractivity contribution >= 4 is 65.6 Å². The molecule has 2 nitrogen and oxygen atoms in total. The average Bonchev–Trinajstić information content (AvgIpc) is 3.59. The first-order valence-corrected chi connectivity index (χ1v) is 18.9. The van der Waals surface area contributed by atoms with Gasteiger partial charge in [0.1, 0.15) is 0 Å². The first kappa shape index (κ1) is 32.5. The molecule has 0 fully saturated rings. The van der Waals surface area contributed by atoms with E-state index in [0.29, 0.717) is 0 Å². The lowest BCUT2D eigenvalue weighted by atomic mass is 9.90. The minimum absolute atomic E-state index is 1.09. The smallest absolute Gasteiger partial charge is 0.0517 e. The molecule has 0 saturated carbocycles. The van der Waals surface area contributed by atoms with Gasteiger partial charge in [-0.25, -0.2) is 0 Å². The van der Waals surface area contributed by atoms with Crippen LogP contribution in [0.5, 0.6) is 0 Å². The number of para-hydroxylation sites is 4. The minimum atomic E-state index is 1.09. The molecule has 1 aromatic heterocycles. The molecule has 3 heteroatoms. The molecule has 0 aliphatic carbocycles. The second-order valence-electron chi connectivity index (χ2n) is 13.5. The Kier molecular flexibility index (Phi) is 8.55. The van der Waals surface area contributed by atoms with Crippen molar-refractivity contribution in [3.05, 3.63) is 205 Å². The molecule has 0 amide bonds. The maximum Gasteiger partial charge on any atom is 0.0517 e. The summed E-state index contributed by atoms with van der Waals surface area (Å²) in [7, 11) is 0. The summed E-state index contributed by atoms with van der Waals surface area (Å²) in [5.41, 5.74) is 13.9. The highest BCUT2D eigenvalue weighted by Gasteiger charge is 2.23. The van der Waals surface area contributed by atoms with Gasteiger partial charge in [-0.2, -0.15) is 0 Å². The van der Waals surface area contributed by atoms with Crippen molar-refractivity contribution in [3.8, 4) is 22.3 Å². The number of hydrogen-bond acceptors (Lipinski definition) is 3. The fourth-order valence-electron chi connectivity index (χ4n) is 7.51. The standard InChI is InChI=1S/C50H38N2S/c1-35-27-28-37(38-29-30-50-47(32-38)44-25-15-16-26-49(44)53-50)31-45(35)46-33-43(51(39-17-7-3-8-18-39)40-19-9-4-10-20-40)34-48(36(46)2)52(41-21-11-5-12-22-41)42-23-13-6-14-24-42/h3-34H,1-2H3. The van der Waals surface area contributed by atoms with Gasteiger partial charge in [-0.3, -0.25) is 0 Å². The van der Waals surface area contributed by atoms with Gasteiger partial charge in [0.05, 0.1) is 5.69 Å². The molecular weight excluding hydrogens is 661 g/mol. The van der Waals surface area contributed by atoms with Gasteiger partial charge in [0, 0.05) is 48.6 Å². The Labute approximate surface area is 315 Å². The third-order valence-corrected chi connectivity index (χ3v) is 11.3. The summed E-state index contributed by atoms with van der Waals surface area (Å²) in [6.45, 7) is 4.51. The van der Waals surface area contributed by atoms with E-state index in [1.807, 2.05) is 11.3 Å². The quantitative estimate of drug-likeness (QED) is 0.156. The maximum absolute atomic E-state index is 2.39. The number of rotatable bonds is 8.